The molecule has 0 N–H and O–H groups in total. The van der Waals surface area contributed by atoms with Crippen molar-refractivity contribution in [2.45, 2.75) is 39.5 Å². The van der Waals surface area contributed by atoms with E-state index in [1.54, 1.807) is 7.11 Å². The Morgan fingerprint density at radius 1 is 1.24 bits per heavy atom. The van der Waals surface area contributed by atoms with Gasteiger partial charge in [0.05, 0.1) is 13.1 Å². The molecule has 0 heterocycles. The Morgan fingerprint density at radius 3 is 2.67 bits per heavy atom. The summed E-state index contributed by atoms with van der Waals surface area (Å²) in [5, 5.41) is 11.9. The molecule has 0 aromatic heterocycles. The van der Waals surface area contributed by atoms with Gasteiger partial charge in [0.25, 0.3) is 0 Å². The predicted octanol–water partition coefficient (Wildman–Crippen LogP) is 2.58. The second kappa shape index (κ2) is 4.62. The first-order valence-corrected chi connectivity index (χ1v) is 7.50. The first-order valence-electron chi connectivity index (χ1n) is 7.50. The molecule has 1 atom stereocenters. The van der Waals surface area contributed by atoms with Crippen LogP contribution < -0.4 is 9.84 Å². The second-order valence-corrected chi connectivity index (χ2v) is 6.94. The molecule has 0 amide bonds. The SMILES string of the molecule is COc1ccc2c(c1)CC[C@@]1(C(=O)[O-])CCC(C)(C)C=C21. The molecule has 0 spiro atoms. The fourth-order valence-corrected chi connectivity index (χ4v) is 3.70. The van der Waals surface area contributed by atoms with Crippen LogP contribution in [0.5, 0.6) is 5.75 Å². The third kappa shape index (κ3) is 2.15. The molecular weight excluding hydrogens is 264 g/mol. The molecule has 0 saturated carbocycles. The number of fused-ring (bicyclic) bond motifs is 3. The number of rotatable bonds is 2. The summed E-state index contributed by atoms with van der Waals surface area (Å²) in [7, 11) is 1.65. The van der Waals surface area contributed by atoms with Crippen molar-refractivity contribution in [3.8, 4) is 5.75 Å². The van der Waals surface area contributed by atoms with Gasteiger partial charge in [-0.2, -0.15) is 0 Å². The molecule has 0 unspecified atom stereocenters. The minimum Gasteiger partial charge on any atom is -0.549 e. The Kier molecular flexibility index (Phi) is 3.12. The van der Waals surface area contributed by atoms with Gasteiger partial charge in [0.2, 0.25) is 0 Å². The quantitative estimate of drug-likeness (QED) is 0.839. The van der Waals surface area contributed by atoms with Crippen LogP contribution in [0.25, 0.3) is 5.57 Å². The maximum atomic E-state index is 11.9. The van der Waals surface area contributed by atoms with E-state index in [0.29, 0.717) is 12.8 Å². The van der Waals surface area contributed by atoms with Crippen LogP contribution in [0.15, 0.2) is 24.3 Å². The average Bonchev–Trinajstić information content (AvgIpc) is 2.45. The van der Waals surface area contributed by atoms with Gasteiger partial charge >= 0.3 is 0 Å². The van der Waals surface area contributed by atoms with Gasteiger partial charge in [-0.15, -0.1) is 0 Å². The third-order valence-corrected chi connectivity index (χ3v) is 5.06. The number of carbonyl (C=O) groups excluding carboxylic acids is 1. The van der Waals surface area contributed by atoms with E-state index in [9.17, 15) is 9.90 Å². The lowest BCUT2D eigenvalue weighted by Crippen LogP contribution is -2.47. The molecule has 3 rings (SSSR count). The predicted molar refractivity (Wildman–Crippen MR) is 79.7 cm³/mol. The van der Waals surface area contributed by atoms with E-state index in [2.05, 4.69) is 19.9 Å². The molecule has 112 valence electrons. The van der Waals surface area contributed by atoms with E-state index in [1.165, 1.54) is 5.56 Å². The standard InChI is InChI=1S/C18H22O3/c1-17(2)8-9-18(16(19)20)7-6-12-10-13(21-3)4-5-14(12)15(18)11-17/h4-5,10-11H,6-9H2,1-3H3,(H,19,20)/p-1/t18-/m1/s1. The number of carbonyl (C=O) groups is 1. The van der Waals surface area contributed by atoms with Crippen LogP contribution in [0.1, 0.15) is 44.2 Å². The highest BCUT2D eigenvalue weighted by atomic mass is 16.5. The molecule has 2 aliphatic rings. The number of carboxylic acid groups (broad SMARTS) is 1. The summed E-state index contributed by atoms with van der Waals surface area (Å²) in [5.41, 5.74) is 2.40. The molecule has 0 bridgehead atoms. The highest BCUT2D eigenvalue weighted by Gasteiger charge is 2.44. The number of aryl methyl sites for hydroxylation is 1. The van der Waals surface area contributed by atoms with Gasteiger partial charge in [-0.3, -0.25) is 0 Å². The summed E-state index contributed by atoms with van der Waals surface area (Å²) < 4.78 is 5.28. The van der Waals surface area contributed by atoms with Crippen LogP contribution in [0.2, 0.25) is 0 Å². The molecule has 21 heavy (non-hydrogen) atoms. The molecular formula is C18H21O3-. The minimum absolute atomic E-state index is 0.0306. The molecule has 2 aliphatic carbocycles. The molecule has 3 heteroatoms. The van der Waals surface area contributed by atoms with Crippen LogP contribution in [-0.4, -0.2) is 13.1 Å². The number of aliphatic carboxylic acids is 1. The second-order valence-electron chi connectivity index (χ2n) is 6.94. The largest absolute Gasteiger partial charge is 0.549 e. The number of hydrogen-bond acceptors (Lipinski definition) is 3. The summed E-state index contributed by atoms with van der Waals surface area (Å²) in [4.78, 5) is 11.9. The van der Waals surface area contributed by atoms with Gasteiger partial charge < -0.3 is 14.6 Å². The van der Waals surface area contributed by atoms with E-state index in [0.717, 1.165) is 29.7 Å². The van der Waals surface area contributed by atoms with E-state index in [1.807, 2.05) is 18.2 Å². The summed E-state index contributed by atoms with van der Waals surface area (Å²) in [6.45, 7) is 4.33. The number of benzene rings is 1. The fourth-order valence-electron chi connectivity index (χ4n) is 3.70. The first-order chi connectivity index (χ1) is 9.88. The van der Waals surface area contributed by atoms with Crippen molar-refractivity contribution in [3.63, 3.8) is 0 Å². The highest BCUT2D eigenvalue weighted by Crippen LogP contribution is 2.54. The number of hydrogen-bond donors (Lipinski definition) is 0. The average molecular weight is 285 g/mol. The van der Waals surface area contributed by atoms with E-state index in [4.69, 9.17) is 4.74 Å². The summed E-state index contributed by atoms with van der Waals surface area (Å²) in [6, 6.07) is 5.93. The van der Waals surface area contributed by atoms with Crippen molar-refractivity contribution in [1.29, 1.82) is 0 Å². The van der Waals surface area contributed by atoms with E-state index < -0.39 is 11.4 Å². The zero-order valence-corrected chi connectivity index (χ0v) is 12.9. The highest BCUT2D eigenvalue weighted by molar-refractivity contribution is 5.93. The topological polar surface area (TPSA) is 49.4 Å². The first kappa shape index (κ1) is 14.2. The fraction of sp³-hybridized carbons (Fsp3) is 0.500. The molecule has 0 fully saturated rings. The zero-order valence-electron chi connectivity index (χ0n) is 12.9. The molecule has 0 radical (unpaired) electrons. The Labute approximate surface area is 125 Å². The maximum Gasteiger partial charge on any atom is 0.119 e. The number of methoxy groups -OCH3 is 1. The third-order valence-electron chi connectivity index (χ3n) is 5.06. The van der Waals surface area contributed by atoms with Gasteiger partial charge in [0.1, 0.15) is 5.75 Å². The lowest BCUT2D eigenvalue weighted by molar-refractivity contribution is -0.317. The van der Waals surface area contributed by atoms with Crippen LogP contribution in [-0.2, 0) is 11.2 Å². The molecule has 1 aromatic carbocycles. The van der Waals surface area contributed by atoms with Crippen molar-refractivity contribution in [2.24, 2.45) is 10.8 Å². The smallest absolute Gasteiger partial charge is 0.119 e. The van der Waals surface area contributed by atoms with Crippen LogP contribution in [0.3, 0.4) is 0 Å². The van der Waals surface area contributed by atoms with Gasteiger partial charge in [-0.25, -0.2) is 0 Å². The molecule has 3 nitrogen and oxygen atoms in total. The molecule has 1 aromatic rings. The normalized spacial score (nSPS) is 26.3. The lowest BCUT2D eigenvalue weighted by Gasteiger charge is -2.47. The van der Waals surface area contributed by atoms with E-state index in [-0.39, 0.29) is 5.41 Å². The van der Waals surface area contributed by atoms with Gasteiger partial charge in [0.15, 0.2) is 0 Å². The van der Waals surface area contributed by atoms with Crippen molar-refractivity contribution in [2.75, 3.05) is 7.11 Å². The summed E-state index contributed by atoms with van der Waals surface area (Å²) >= 11 is 0. The molecule has 0 aliphatic heterocycles. The van der Waals surface area contributed by atoms with Crippen molar-refractivity contribution in [1.82, 2.24) is 0 Å². The van der Waals surface area contributed by atoms with Gasteiger partial charge in [-0.05, 0) is 59.9 Å². The molecule has 0 saturated heterocycles. The van der Waals surface area contributed by atoms with Crippen molar-refractivity contribution < 1.29 is 14.6 Å². The van der Waals surface area contributed by atoms with Crippen molar-refractivity contribution in [3.05, 3.63) is 35.4 Å². The van der Waals surface area contributed by atoms with Gasteiger partial charge in [0, 0.05) is 5.41 Å². The van der Waals surface area contributed by atoms with E-state index >= 15 is 0 Å². The Balaban J connectivity index is 2.19. The van der Waals surface area contributed by atoms with Crippen LogP contribution in [0.4, 0.5) is 0 Å². The summed E-state index contributed by atoms with van der Waals surface area (Å²) in [5.74, 6) is -0.101. The Morgan fingerprint density at radius 2 is 2.00 bits per heavy atom. The zero-order chi connectivity index (χ0) is 15.3. The lowest BCUT2D eigenvalue weighted by atomic mass is 9.59. The van der Waals surface area contributed by atoms with Crippen molar-refractivity contribution >= 4 is 11.5 Å². The number of carboxylic acids is 1. The van der Waals surface area contributed by atoms with Crippen LogP contribution in [0, 0.1) is 10.8 Å². The Bertz CT molecular complexity index is 627. The number of ether oxygens (including phenoxy) is 1. The van der Waals surface area contributed by atoms with Gasteiger partial charge in [-0.1, -0.05) is 26.0 Å². The van der Waals surface area contributed by atoms with Crippen LogP contribution >= 0.6 is 0 Å². The number of allylic oxidation sites excluding steroid dienone is 1. The monoisotopic (exact) mass is 285 g/mol. The minimum atomic E-state index is -0.925. The Hall–Kier alpha value is -1.77. The summed E-state index contributed by atoms with van der Waals surface area (Å²) in [6.07, 6.45) is 5.09. The maximum absolute atomic E-state index is 11.9.